The van der Waals surface area contributed by atoms with Gasteiger partial charge >= 0.3 is 10.1 Å². The van der Waals surface area contributed by atoms with Crippen LogP contribution < -0.4 is 4.28 Å². The van der Waals surface area contributed by atoms with Crippen molar-refractivity contribution in [2.24, 2.45) is 0 Å². The molecule has 84 valence electrons. The zero-order chi connectivity index (χ0) is 11.6. The second-order valence-electron chi connectivity index (χ2n) is 2.90. The summed E-state index contributed by atoms with van der Waals surface area (Å²) in [6.07, 6.45) is 2.83. The van der Waals surface area contributed by atoms with E-state index in [9.17, 15) is 8.42 Å². The number of halogens is 1. The molecular weight excluding hydrogens is 296 g/mol. The van der Waals surface area contributed by atoms with Gasteiger partial charge in [0, 0.05) is 0 Å². The van der Waals surface area contributed by atoms with Gasteiger partial charge in [0.2, 0.25) is 0 Å². The second-order valence-corrected chi connectivity index (χ2v) is 5.35. The average Bonchev–Trinajstić information content (AvgIpc) is 2.64. The molecule has 0 amide bonds. The Morgan fingerprint density at radius 3 is 2.50 bits per heavy atom. The van der Waals surface area contributed by atoms with Crippen LogP contribution in [0.5, 0.6) is 0 Å². The Balaban J connectivity index is 2.28. The van der Waals surface area contributed by atoms with Gasteiger partial charge in [0.25, 0.3) is 0 Å². The van der Waals surface area contributed by atoms with Crippen LogP contribution in [0, 0.1) is 0 Å². The SMILES string of the molecule is O=S(=O)(On1cc(Br)cn1)c1ccccc1. The molecule has 0 N–H and O–H groups in total. The average molecular weight is 303 g/mol. The Morgan fingerprint density at radius 1 is 1.25 bits per heavy atom. The number of rotatable bonds is 3. The summed E-state index contributed by atoms with van der Waals surface area (Å²) in [7, 11) is -3.82. The normalized spacial score (nSPS) is 11.3. The van der Waals surface area contributed by atoms with E-state index in [0.717, 1.165) is 4.85 Å². The number of hydrogen-bond acceptors (Lipinski definition) is 4. The molecule has 0 saturated heterocycles. The van der Waals surface area contributed by atoms with E-state index in [1.807, 2.05) is 0 Å². The highest BCUT2D eigenvalue weighted by molar-refractivity contribution is 9.10. The molecule has 0 atom stereocenters. The first kappa shape index (κ1) is 11.2. The zero-order valence-electron chi connectivity index (χ0n) is 7.95. The highest BCUT2D eigenvalue weighted by Gasteiger charge is 2.16. The van der Waals surface area contributed by atoms with Crippen molar-refractivity contribution >= 4 is 26.0 Å². The number of hydrogen-bond donors (Lipinski definition) is 0. The van der Waals surface area contributed by atoms with E-state index in [4.69, 9.17) is 4.28 Å². The van der Waals surface area contributed by atoms with Crippen molar-refractivity contribution in [1.82, 2.24) is 9.94 Å². The number of benzene rings is 1. The Labute approximate surface area is 101 Å². The van der Waals surface area contributed by atoms with E-state index in [-0.39, 0.29) is 4.90 Å². The highest BCUT2D eigenvalue weighted by Crippen LogP contribution is 2.10. The van der Waals surface area contributed by atoms with E-state index >= 15 is 0 Å². The minimum Gasteiger partial charge on any atom is -0.266 e. The van der Waals surface area contributed by atoms with Gasteiger partial charge in [-0.05, 0) is 28.1 Å². The maximum atomic E-state index is 11.7. The highest BCUT2D eigenvalue weighted by atomic mass is 79.9. The molecule has 1 heterocycles. The Bertz CT molecular complexity index is 580. The van der Waals surface area contributed by atoms with Crippen LogP contribution in [-0.2, 0) is 10.1 Å². The molecule has 1 aromatic heterocycles. The van der Waals surface area contributed by atoms with Crippen LogP contribution in [0.3, 0.4) is 0 Å². The lowest BCUT2D eigenvalue weighted by molar-refractivity contribution is 0.240. The van der Waals surface area contributed by atoms with Crippen molar-refractivity contribution in [3.05, 3.63) is 47.2 Å². The van der Waals surface area contributed by atoms with Crippen molar-refractivity contribution in [3.63, 3.8) is 0 Å². The van der Waals surface area contributed by atoms with Crippen LogP contribution >= 0.6 is 15.9 Å². The van der Waals surface area contributed by atoms with Gasteiger partial charge in [-0.2, -0.15) is 8.42 Å². The Hall–Kier alpha value is -1.34. The fourth-order valence-electron chi connectivity index (χ4n) is 1.06. The van der Waals surface area contributed by atoms with E-state index in [1.54, 1.807) is 18.2 Å². The van der Waals surface area contributed by atoms with E-state index in [2.05, 4.69) is 21.0 Å². The van der Waals surface area contributed by atoms with Crippen molar-refractivity contribution in [1.29, 1.82) is 0 Å². The quantitative estimate of drug-likeness (QED) is 0.861. The third-order valence-corrected chi connectivity index (χ3v) is 3.34. The van der Waals surface area contributed by atoms with Crippen molar-refractivity contribution < 1.29 is 12.7 Å². The minimum absolute atomic E-state index is 0.0848. The fourth-order valence-corrected chi connectivity index (χ4v) is 2.18. The maximum Gasteiger partial charge on any atom is 0.358 e. The molecule has 0 saturated carbocycles. The van der Waals surface area contributed by atoms with Crippen LogP contribution in [0.1, 0.15) is 0 Å². The Kier molecular flexibility index (Phi) is 2.97. The largest absolute Gasteiger partial charge is 0.358 e. The zero-order valence-corrected chi connectivity index (χ0v) is 10.3. The molecule has 0 bridgehead atoms. The van der Waals surface area contributed by atoms with Crippen LogP contribution in [-0.4, -0.2) is 18.4 Å². The number of aromatic nitrogens is 2. The third kappa shape index (κ3) is 2.42. The molecule has 0 aliphatic rings. The topological polar surface area (TPSA) is 61.2 Å². The summed E-state index contributed by atoms with van der Waals surface area (Å²) in [5.41, 5.74) is 0. The summed E-state index contributed by atoms with van der Waals surface area (Å²) < 4.78 is 28.8. The van der Waals surface area contributed by atoms with E-state index in [1.165, 1.54) is 24.5 Å². The summed E-state index contributed by atoms with van der Waals surface area (Å²) in [6.45, 7) is 0. The summed E-state index contributed by atoms with van der Waals surface area (Å²) >= 11 is 3.14. The first-order chi connectivity index (χ1) is 7.58. The van der Waals surface area contributed by atoms with Crippen molar-refractivity contribution in [3.8, 4) is 0 Å². The molecule has 0 radical (unpaired) electrons. The van der Waals surface area contributed by atoms with Crippen LogP contribution in [0.4, 0.5) is 0 Å². The van der Waals surface area contributed by atoms with Gasteiger partial charge in [-0.25, -0.2) is 0 Å². The van der Waals surface area contributed by atoms with Crippen LogP contribution in [0.15, 0.2) is 52.1 Å². The first-order valence-corrected chi connectivity index (χ1v) is 6.48. The maximum absolute atomic E-state index is 11.7. The lowest BCUT2D eigenvalue weighted by Crippen LogP contribution is -2.20. The first-order valence-electron chi connectivity index (χ1n) is 4.28. The van der Waals surface area contributed by atoms with Gasteiger partial charge in [0.15, 0.2) is 0 Å². The standard InChI is InChI=1S/C9H7BrN2O3S/c10-8-6-11-12(7-8)15-16(13,14)9-4-2-1-3-5-9/h1-7H. The smallest absolute Gasteiger partial charge is 0.266 e. The van der Waals surface area contributed by atoms with Gasteiger partial charge in [-0.15, -0.1) is 5.10 Å². The summed E-state index contributed by atoms with van der Waals surface area (Å²) in [4.78, 5) is 0.966. The summed E-state index contributed by atoms with van der Waals surface area (Å²) in [5, 5.41) is 3.69. The van der Waals surface area contributed by atoms with Gasteiger partial charge in [-0.3, -0.25) is 4.28 Å². The predicted octanol–water partition coefficient (Wildman–Crippen LogP) is 1.46. The molecule has 0 unspecified atom stereocenters. The van der Waals surface area contributed by atoms with Crippen molar-refractivity contribution in [2.45, 2.75) is 4.90 Å². The van der Waals surface area contributed by atoms with Crippen LogP contribution in [0.2, 0.25) is 0 Å². The molecular formula is C9H7BrN2O3S. The summed E-state index contributed by atoms with van der Waals surface area (Å²) in [5.74, 6) is 0. The van der Waals surface area contributed by atoms with E-state index in [0.29, 0.717) is 4.47 Å². The van der Waals surface area contributed by atoms with Gasteiger partial charge in [0.05, 0.1) is 16.9 Å². The monoisotopic (exact) mass is 302 g/mol. The molecule has 2 aromatic rings. The molecule has 1 aromatic carbocycles. The minimum atomic E-state index is -3.82. The lowest BCUT2D eigenvalue weighted by atomic mass is 10.4. The third-order valence-electron chi connectivity index (χ3n) is 1.74. The van der Waals surface area contributed by atoms with Crippen molar-refractivity contribution in [2.75, 3.05) is 0 Å². The van der Waals surface area contributed by atoms with Gasteiger partial charge < -0.3 is 0 Å². The van der Waals surface area contributed by atoms with Crippen LogP contribution in [0.25, 0.3) is 0 Å². The molecule has 0 fully saturated rings. The fraction of sp³-hybridized carbons (Fsp3) is 0. The molecule has 0 aliphatic carbocycles. The predicted molar refractivity (Wildman–Crippen MR) is 60.1 cm³/mol. The van der Waals surface area contributed by atoms with Gasteiger partial charge in [0.1, 0.15) is 4.90 Å². The molecule has 2 rings (SSSR count). The molecule has 0 aliphatic heterocycles. The lowest BCUT2D eigenvalue weighted by Gasteiger charge is -2.04. The van der Waals surface area contributed by atoms with Gasteiger partial charge in [-0.1, -0.05) is 23.0 Å². The molecule has 0 spiro atoms. The molecule has 16 heavy (non-hydrogen) atoms. The number of nitrogens with zero attached hydrogens (tertiary/aromatic N) is 2. The molecule has 5 nitrogen and oxygen atoms in total. The summed E-state index contributed by atoms with van der Waals surface area (Å²) in [6, 6.07) is 7.87. The second kappa shape index (κ2) is 4.26. The van der Waals surface area contributed by atoms with E-state index < -0.39 is 10.1 Å². The Morgan fingerprint density at radius 2 is 1.94 bits per heavy atom. The molecule has 7 heteroatoms.